The van der Waals surface area contributed by atoms with E-state index in [2.05, 4.69) is 62.4 Å². The van der Waals surface area contributed by atoms with Crippen molar-refractivity contribution < 1.29 is 0 Å². The molecule has 4 nitrogen and oxygen atoms in total. The Bertz CT molecular complexity index is 653. The second-order valence-corrected chi connectivity index (χ2v) is 7.55. The molecule has 0 aliphatic rings. The zero-order chi connectivity index (χ0) is 16.9. The molecule has 0 bridgehead atoms. The maximum atomic E-state index is 4.70. The molecule has 0 atom stereocenters. The molecule has 1 aromatic heterocycles. The molecule has 0 aliphatic heterocycles. The van der Waals surface area contributed by atoms with Crippen molar-refractivity contribution in [2.45, 2.75) is 46.7 Å². The molecule has 2 rings (SSSR count). The van der Waals surface area contributed by atoms with E-state index in [0.29, 0.717) is 6.54 Å². The van der Waals surface area contributed by atoms with Gasteiger partial charge in [0.25, 0.3) is 0 Å². The van der Waals surface area contributed by atoms with Gasteiger partial charge in [-0.05, 0) is 34.6 Å². The van der Waals surface area contributed by atoms with Gasteiger partial charge in [-0.2, -0.15) is 0 Å². The summed E-state index contributed by atoms with van der Waals surface area (Å²) in [6.45, 7) is 12.0. The van der Waals surface area contributed by atoms with Crippen LogP contribution >= 0.6 is 11.3 Å². The number of hydrogen-bond donors (Lipinski definition) is 2. The molecule has 0 aliphatic carbocycles. The van der Waals surface area contributed by atoms with E-state index >= 15 is 0 Å². The van der Waals surface area contributed by atoms with Gasteiger partial charge < -0.3 is 10.6 Å². The summed E-state index contributed by atoms with van der Waals surface area (Å²) >= 11 is 1.72. The highest BCUT2D eigenvalue weighted by Gasteiger charge is 2.13. The van der Waals surface area contributed by atoms with Crippen molar-refractivity contribution in [2.24, 2.45) is 4.99 Å². The number of thiazole rings is 1. The molecule has 0 saturated carbocycles. The van der Waals surface area contributed by atoms with Gasteiger partial charge in [0.2, 0.25) is 0 Å². The molecule has 0 saturated heterocycles. The third-order valence-corrected chi connectivity index (χ3v) is 4.32. The average molecular weight is 331 g/mol. The van der Waals surface area contributed by atoms with Gasteiger partial charge in [-0.15, -0.1) is 11.3 Å². The van der Waals surface area contributed by atoms with Gasteiger partial charge in [0.1, 0.15) is 5.01 Å². The molecule has 2 N–H and O–H groups in total. The first-order valence-electron chi connectivity index (χ1n) is 7.97. The Morgan fingerprint density at radius 2 is 1.91 bits per heavy atom. The number of hydrogen-bond acceptors (Lipinski definition) is 3. The Morgan fingerprint density at radius 3 is 2.52 bits per heavy atom. The molecule has 0 fully saturated rings. The zero-order valence-corrected chi connectivity index (χ0v) is 15.4. The molecule has 5 heteroatoms. The van der Waals surface area contributed by atoms with Gasteiger partial charge in [-0.1, -0.05) is 30.3 Å². The first kappa shape index (κ1) is 17.5. The van der Waals surface area contributed by atoms with Gasteiger partial charge in [0, 0.05) is 22.5 Å². The first-order valence-corrected chi connectivity index (χ1v) is 8.79. The summed E-state index contributed by atoms with van der Waals surface area (Å²) < 4.78 is 0. The fraction of sp³-hybridized carbons (Fsp3) is 0.444. The van der Waals surface area contributed by atoms with Crippen LogP contribution in [0.15, 0.2) is 35.3 Å². The molecule has 23 heavy (non-hydrogen) atoms. The highest BCUT2D eigenvalue weighted by molar-refractivity contribution is 7.15. The molecule has 0 radical (unpaired) electrons. The van der Waals surface area contributed by atoms with Crippen LogP contribution in [0, 0.1) is 6.92 Å². The Balaban J connectivity index is 2.16. The number of rotatable bonds is 4. The van der Waals surface area contributed by atoms with Gasteiger partial charge in [-0.3, -0.25) is 0 Å². The standard InChI is InChI=1S/C18H26N4S/c1-6-19-17(22-18(3,4)5)20-12-15-13(2)21-16(23-15)14-10-8-7-9-11-14/h7-11H,6,12H2,1-5H3,(H2,19,20,22). The lowest BCUT2D eigenvalue weighted by Gasteiger charge is -2.23. The third kappa shape index (κ3) is 5.36. The average Bonchev–Trinajstić information content (AvgIpc) is 2.86. The minimum Gasteiger partial charge on any atom is -0.357 e. The van der Waals surface area contributed by atoms with Crippen molar-refractivity contribution in [2.75, 3.05) is 6.54 Å². The molecule has 1 heterocycles. The fourth-order valence-electron chi connectivity index (χ4n) is 2.09. The van der Waals surface area contributed by atoms with E-state index in [0.717, 1.165) is 28.8 Å². The predicted octanol–water partition coefficient (Wildman–Crippen LogP) is 3.97. The van der Waals surface area contributed by atoms with Gasteiger partial charge in [0.05, 0.1) is 12.2 Å². The van der Waals surface area contributed by atoms with Crippen molar-refractivity contribution >= 4 is 17.3 Å². The summed E-state index contributed by atoms with van der Waals surface area (Å²) in [5, 5.41) is 7.76. The smallest absolute Gasteiger partial charge is 0.192 e. The van der Waals surface area contributed by atoms with Crippen LogP contribution in [0.4, 0.5) is 0 Å². The van der Waals surface area contributed by atoms with E-state index < -0.39 is 0 Å². The van der Waals surface area contributed by atoms with Crippen molar-refractivity contribution in [1.82, 2.24) is 15.6 Å². The fourth-order valence-corrected chi connectivity index (χ4v) is 3.08. The number of nitrogens with one attached hydrogen (secondary N) is 2. The summed E-state index contributed by atoms with van der Waals surface area (Å²) in [6.07, 6.45) is 0. The van der Waals surface area contributed by atoms with Crippen molar-refractivity contribution in [1.29, 1.82) is 0 Å². The number of guanidine groups is 1. The number of aliphatic imine (C=N–C) groups is 1. The van der Waals surface area contributed by atoms with Crippen molar-refractivity contribution in [3.8, 4) is 10.6 Å². The third-order valence-electron chi connectivity index (χ3n) is 3.13. The lowest BCUT2D eigenvalue weighted by atomic mass is 10.1. The Morgan fingerprint density at radius 1 is 1.22 bits per heavy atom. The molecule has 0 amide bonds. The topological polar surface area (TPSA) is 49.3 Å². The van der Waals surface area contributed by atoms with Crippen LogP contribution < -0.4 is 10.6 Å². The predicted molar refractivity (Wildman–Crippen MR) is 100.0 cm³/mol. The zero-order valence-electron chi connectivity index (χ0n) is 14.6. The van der Waals surface area contributed by atoms with Crippen LogP contribution in [0.1, 0.15) is 38.3 Å². The van der Waals surface area contributed by atoms with Crippen molar-refractivity contribution in [3.05, 3.63) is 40.9 Å². The second kappa shape index (κ2) is 7.59. The highest BCUT2D eigenvalue weighted by atomic mass is 32.1. The van der Waals surface area contributed by atoms with E-state index in [1.807, 2.05) is 18.2 Å². The molecule has 2 aromatic rings. The monoisotopic (exact) mass is 330 g/mol. The lowest BCUT2D eigenvalue weighted by Crippen LogP contribution is -2.47. The van der Waals surface area contributed by atoms with Crippen LogP contribution in [0.2, 0.25) is 0 Å². The summed E-state index contributed by atoms with van der Waals surface area (Å²) in [4.78, 5) is 10.6. The van der Waals surface area contributed by atoms with E-state index in [4.69, 9.17) is 4.99 Å². The first-order chi connectivity index (χ1) is 10.9. The van der Waals surface area contributed by atoms with E-state index in [9.17, 15) is 0 Å². The highest BCUT2D eigenvalue weighted by Crippen LogP contribution is 2.28. The van der Waals surface area contributed by atoms with Crippen LogP contribution in [-0.2, 0) is 6.54 Å². The maximum absolute atomic E-state index is 4.70. The maximum Gasteiger partial charge on any atom is 0.192 e. The van der Waals surface area contributed by atoms with E-state index in [-0.39, 0.29) is 5.54 Å². The summed E-state index contributed by atoms with van der Waals surface area (Å²) in [5.41, 5.74) is 2.21. The number of aryl methyl sites for hydroxylation is 1. The molecule has 0 spiro atoms. The quantitative estimate of drug-likeness (QED) is 0.659. The van der Waals surface area contributed by atoms with Crippen LogP contribution in [0.25, 0.3) is 10.6 Å². The van der Waals surface area contributed by atoms with Gasteiger partial charge in [-0.25, -0.2) is 9.98 Å². The number of benzene rings is 1. The van der Waals surface area contributed by atoms with Gasteiger partial charge in [0.15, 0.2) is 5.96 Å². The molecular formula is C18H26N4S. The largest absolute Gasteiger partial charge is 0.357 e. The molecule has 0 unspecified atom stereocenters. The molecular weight excluding hydrogens is 304 g/mol. The number of nitrogens with zero attached hydrogens (tertiary/aromatic N) is 2. The molecule has 124 valence electrons. The van der Waals surface area contributed by atoms with Crippen LogP contribution in [0.3, 0.4) is 0 Å². The van der Waals surface area contributed by atoms with E-state index in [1.165, 1.54) is 4.88 Å². The van der Waals surface area contributed by atoms with Gasteiger partial charge >= 0.3 is 0 Å². The van der Waals surface area contributed by atoms with Crippen LogP contribution in [0.5, 0.6) is 0 Å². The summed E-state index contributed by atoms with van der Waals surface area (Å²) in [7, 11) is 0. The summed E-state index contributed by atoms with van der Waals surface area (Å²) in [6, 6.07) is 10.3. The Hall–Kier alpha value is -1.88. The summed E-state index contributed by atoms with van der Waals surface area (Å²) in [5.74, 6) is 0.842. The SMILES string of the molecule is CCNC(=NCc1sc(-c2ccccc2)nc1C)NC(C)(C)C. The Labute approximate surface area is 143 Å². The van der Waals surface area contributed by atoms with Crippen molar-refractivity contribution in [3.63, 3.8) is 0 Å². The molecule has 1 aromatic carbocycles. The van der Waals surface area contributed by atoms with E-state index in [1.54, 1.807) is 11.3 Å². The minimum absolute atomic E-state index is 0.0149. The normalized spacial score (nSPS) is 12.3. The number of aromatic nitrogens is 1. The minimum atomic E-state index is -0.0149. The lowest BCUT2D eigenvalue weighted by molar-refractivity contribution is 0.501. The second-order valence-electron chi connectivity index (χ2n) is 6.46. The Kier molecular flexibility index (Phi) is 5.77. The van der Waals surface area contributed by atoms with Crippen LogP contribution in [-0.4, -0.2) is 23.0 Å².